The number of carbonyl (C=O) groups is 1. The highest BCUT2D eigenvalue weighted by Crippen LogP contribution is 2.27. The lowest BCUT2D eigenvalue weighted by Crippen LogP contribution is -2.31. The average Bonchev–Trinajstić information content (AvgIpc) is 2.34. The molecule has 1 aromatic rings. The summed E-state index contributed by atoms with van der Waals surface area (Å²) in [7, 11) is 1.55. The maximum atomic E-state index is 11.3. The van der Waals surface area contributed by atoms with Crippen LogP contribution in [0, 0.1) is 6.92 Å². The fourth-order valence-corrected chi connectivity index (χ4v) is 1.28. The van der Waals surface area contributed by atoms with Gasteiger partial charge in [-0.3, -0.25) is 4.79 Å². The smallest absolute Gasteiger partial charge is 0.258 e. The molecule has 0 aliphatic carbocycles. The highest BCUT2D eigenvalue weighted by atomic mass is 16.5. The maximum Gasteiger partial charge on any atom is 0.258 e. The topological polar surface area (TPSA) is 67.8 Å². The van der Waals surface area contributed by atoms with Crippen molar-refractivity contribution < 1.29 is 19.4 Å². The van der Waals surface area contributed by atoms with Crippen molar-refractivity contribution in [1.29, 1.82) is 0 Å². The number of hydrogen-bond donors (Lipinski definition) is 2. The Labute approximate surface area is 100 Å². The van der Waals surface area contributed by atoms with Crippen LogP contribution in [-0.2, 0) is 4.79 Å². The summed E-state index contributed by atoms with van der Waals surface area (Å²) >= 11 is 0. The predicted molar refractivity (Wildman–Crippen MR) is 63.3 cm³/mol. The molecule has 0 aromatic heterocycles. The van der Waals surface area contributed by atoms with Crippen LogP contribution in [0.3, 0.4) is 0 Å². The van der Waals surface area contributed by atoms with E-state index in [1.165, 1.54) is 0 Å². The Morgan fingerprint density at radius 3 is 2.82 bits per heavy atom. The van der Waals surface area contributed by atoms with E-state index in [-0.39, 0.29) is 25.7 Å². The Morgan fingerprint density at radius 1 is 1.41 bits per heavy atom. The zero-order valence-electron chi connectivity index (χ0n) is 10.0. The van der Waals surface area contributed by atoms with E-state index in [4.69, 9.17) is 14.6 Å². The molecular weight excluding hydrogens is 222 g/mol. The zero-order valence-corrected chi connectivity index (χ0v) is 10.0. The number of amides is 1. The summed E-state index contributed by atoms with van der Waals surface area (Å²) in [5.74, 6) is 0.846. The van der Waals surface area contributed by atoms with Crippen LogP contribution in [0.15, 0.2) is 18.2 Å². The first-order valence-corrected chi connectivity index (χ1v) is 5.32. The quantitative estimate of drug-likeness (QED) is 0.758. The van der Waals surface area contributed by atoms with Crippen LogP contribution in [0.4, 0.5) is 0 Å². The summed E-state index contributed by atoms with van der Waals surface area (Å²) in [5.41, 5.74) is 1.05. The van der Waals surface area contributed by atoms with Gasteiger partial charge in [-0.15, -0.1) is 0 Å². The Balaban J connectivity index is 2.54. The number of aliphatic hydroxyl groups excluding tert-OH is 1. The van der Waals surface area contributed by atoms with E-state index in [2.05, 4.69) is 5.32 Å². The van der Waals surface area contributed by atoms with Gasteiger partial charge in [0.2, 0.25) is 0 Å². The monoisotopic (exact) mass is 239 g/mol. The van der Waals surface area contributed by atoms with Crippen molar-refractivity contribution in [1.82, 2.24) is 5.32 Å². The van der Waals surface area contributed by atoms with E-state index in [1.807, 2.05) is 19.1 Å². The van der Waals surface area contributed by atoms with Crippen molar-refractivity contribution in [2.75, 3.05) is 26.9 Å². The first-order chi connectivity index (χ1) is 8.17. The zero-order chi connectivity index (χ0) is 12.7. The summed E-state index contributed by atoms with van der Waals surface area (Å²) in [4.78, 5) is 11.3. The Hall–Kier alpha value is -1.75. The largest absolute Gasteiger partial charge is 0.493 e. The van der Waals surface area contributed by atoms with Crippen LogP contribution in [0.5, 0.6) is 11.5 Å². The number of aryl methyl sites for hydroxylation is 1. The Kier molecular flexibility index (Phi) is 5.29. The molecular formula is C12H17NO4. The molecule has 1 amide bonds. The molecule has 0 saturated carbocycles. The van der Waals surface area contributed by atoms with E-state index in [0.717, 1.165) is 5.56 Å². The van der Waals surface area contributed by atoms with Gasteiger partial charge in [-0.2, -0.15) is 0 Å². The van der Waals surface area contributed by atoms with Crippen LogP contribution in [-0.4, -0.2) is 37.9 Å². The van der Waals surface area contributed by atoms with Crippen LogP contribution in [0.25, 0.3) is 0 Å². The molecule has 0 saturated heterocycles. The van der Waals surface area contributed by atoms with Crippen molar-refractivity contribution in [2.24, 2.45) is 0 Å². The van der Waals surface area contributed by atoms with Gasteiger partial charge in [-0.05, 0) is 24.6 Å². The number of rotatable bonds is 6. The third kappa shape index (κ3) is 4.32. The van der Waals surface area contributed by atoms with E-state index < -0.39 is 0 Å². The highest BCUT2D eigenvalue weighted by molar-refractivity contribution is 5.77. The van der Waals surface area contributed by atoms with E-state index in [1.54, 1.807) is 13.2 Å². The van der Waals surface area contributed by atoms with Gasteiger partial charge >= 0.3 is 0 Å². The molecule has 1 rings (SSSR count). The minimum Gasteiger partial charge on any atom is -0.493 e. The summed E-state index contributed by atoms with van der Waals surface area (Å²) < 4.78 is 10.5. The predicted octanol–water partition coefficient (Wildman–Crippen LogP) is 0.491. The average molecular weight is 239 g/mol. The Bertz CT molecular complexity index is 379. The number of benzene rings is 1. The third-order valence-corrected chi connectivity index (χ3v) is 2.11. The first-order valence-electron chi connectivity index (χ1n) is 5.32. The highest BCUT2D eigenvalue weighted by Gasteiger charge is 2.07. The second-order valence-corrected chi connectivity index (χ2v) is 3.52. The van der Waals surface area contributed by atoms with Crippen molar-refractivity contribution in [2.45, 2.75) is 6.92 Å². The van der Waals surface area contributed by atoms with Gasteiger partial charge in [-0.25, -0.2) is 0 Å². The normalized spacial score (nSPS) is 9.82. The minimum absolute atomic E-state index is 0.0837. The van der Waals surface area contributed by atoms with Crippen LogP contribution in [0.1, 0.15) is 5.56 Å². The van der Waals surface area contributed by atoms with Crippen molar-refractivity contribution >= 4 is 5.91 Å². The van der Waals surface area contributed by atoms with Gasteiger partial charge in [0.1, 0.15) is 0 Å². The first kappa shape index (κ1) is 13.3. The number of hydrogen-bond acceptors (Lipinski definition) is 4. The molecule has 0 aliphatic rings. The van der Waals surface area contributed by atoms with Gasteiger partial charge in [0, 0.05) is 6.54 Å². The fraction of sp³-hybridized carbons (Fsp3) is 0.417. The Morgan fingerprint density at radius 2 is 2.18 bits per heavy atom. The van der Waals surface area contributed by atoms with Crippen LogP contribution < -0.4 is 14.8 Å². The van der Waals surface area contributed by atoms with Crippen LogP contribution >= 0.6 is 0 Å². The van der Waals surface area contributed by atoms with Crippen molar-refractivity contribution in [3.63, 3.8) is 0 Å². The molecule has 0 radical (unpaired) electrons. The molecule has 17 heavy (non-hydrogen) atoms. The van der Waals surface area contributed by atoms with Gasteiger partial charge < -0.3 is 19.9 Å². The molecule has 2 N–H and O–H groups in total. The summed E-state index contributed by atoms with van der Waals surface area (Å²) in [5, 5.41) is 11.0. The standard InChI is InChI=1S/C12H17NO4/c1-9-3-4-10(11(7-9)16-2)17-8-12(15)13-5-6-14/h3-4,7,14H,5-6,8H2,1-2H3,(H,13,15). The molecule has 0 unspecified atom stereocenters. The summed E-state index contributed by atoms with van der Waals surface area (Å²) in [6, 6.07) is 5.47. The van der Waals surface area contributed by atoms with Crippen molar-refractivity contribution in [3.05, 3.63) is 23.8 Å². The molecule has 0 spiro atoms. The van der Waals surface area contributed by atoms with E-state index in [0.29, 0.717) is 11.5 Å². The summed E-state index contributed by atoms with van der Waals surface area (Å²) in [6.07, 6.45) is 0. The van der Waals surface area contributed by atoms with Gasteiger partial charge in [0.05, 0.1) is 13.7 Å². The number of carbonyl (C=O) groups excluding carboxylic acids is 1. The number of methoxy groups -OCH3 is 1. The molecule has 0 aliphatic heterocycles. The lowest BCUT2D eigenvalue weighted by atomic mass is 10.2. The van der Waals surface area contributed by atoms with E-state index in [9.17, 15) is 4.79 Å². The minimum atomic E-state index is -0.276. The maximum absolute atomic E-state index is 11.3. The van der Waals surface area contributed by atoms with Gasteiger partial charge in [0.15, 0.2) is 18.1 Å². The SMILES string of the molecule is COc1cc(C)ccc1OCC(=O)NCCO. The third-order valence-electron chi connectivity index (χ3n) is 2.11. The van der Waals surface area contributed by atoms with Crippen molar-refractivity contribution in [3.8, 4) is 11.5 Å². The second-order valence-electron chi connectivity index (χ2n) is 3.52. The molecule has 5 heteroatoms. The van der Waals surface area contributed by atoms with Gasteiger partial charge in [0.25, 0.3) is 5.91 Å². The number of ether oxygens (including phenoxy) is 2. The molecule has 0 bridgehead atoms. The molecule has 1 aromatic carbocycles. The summed E-state index contributed by atoms with van der Waals surface area (Å²) in [6.45, 7) is 1.99. The van der Waals surface area contributed by atoms with E-state index >= 15 is 0 Å². The molecule has 5 nitrogen and oxygen atoms in total. The molecule has 0 heterocycles. The number of nitrogens with one attached hydrogen (secondary N) is 1. The molecule has 0 fully saturated rings. The molecule has 0 atom stereocenters. The second kappa shape index (κ2) is 6.75. The van der Waals surface area contributed by atoms with Crippen LogP contribution in [0.2, 0.25) is 0 Å². The molecule has 94 valence electrons. The van der Waals surface area contributed by atoms with Gasteiger partial charge in [-0.1, -0.05) is 6.07 Å². The number of aliphatic hydroxyl groups is 1. The lowest BCUT2D eigenvalue weighted by Gasteiger charge is -2.11. The fourth-order valence-electron chi connectivity index (χ4n) is 1.28. The lowest BCUT2D eigenvalue weighted by molar-refractivity contribution is -0.123.